The topological polar surface area (TPSA) is 57.0 Å². The molecular weight excluding hydrogens is 313 g/mol. The molecule has 2 aromatic heterocycles. The number of ether oxygens (including phenoxy) is 1. The van der Waals surface area contributed by atoms with Crippen molar-refractivity contribution in [3.05, 3.63) is 82.3 Å². The summed E-state index contributed by atoms with van der Waals surface area (Å²) in [6.07, 6.45) is 3.12. The highest BCUT2D eigenvalue weighted by atomic mass is 16.5. The van der Waals surface area contributed by atoms with Gasteiger partial charge < -0.3 is 9.30 Å². The summed E-state index contributed by atoms with van der Waals surface area (Å²) in [7, 11) is 5.73. The third-order valence-electron chi connectivity index (χ3n) is 4.07. The molecule has 0 saturated carbocycles. The molecular formula is C19H18BN3O2. The van der Waals surface area contributed by atoms with Gasteiger partial charge in [-0.1, -0.05) is 29.7 Å². The van der Waals surface area contributed by atoms with Crippen LogP contribution in [-0.4, -0.2) is 22.4 Å². The first-order valence-electron chi connectivity index (χ1n) is 8.01. The standard InChI is InChI=1S/C19H18BN3O2/c1-13-9-18(25-11-17-7-8-21-12-22-17)10-19(24)23(13)14(2)15-3-5-16(20)6-4-15/h3-10,12,14H,11H2,1-2H3/t14-/m1/s1. The number of aryl methyl sites for hydroxylation is 1. The molecule has 2 radical (unpaired) electrons. The average Bonchev–Trinajstić information content (AvgIpc) is 2.61. The molecule has 5 nitrogen and oxygen atoms in total. The van der Waals surface area contributed by atoms with E-state index in [1.54, 1.807) is 16.8 Å². The largest absolute Gasteiger partial charge is 0.487 e. The fourth-order valence-corrected chi connectivity index (χ4v) is 2.75. The van der Waals surface area contributed by atoms with E-state index in [1.165, 1.54) is 12.4 Å². The van der Waals surface area contributed by atoms with E-state index >= 15 is 0 Å². The Bertz CT molecular complexity index is 908. The second-order valence-electron chi connectivity index (χ2n) is 5.87. The Labute approximate surface area is 147 Å². The molecule has 1 aromatic carbocycles. The summed E-state index contributed by atoms with van der Waals surface area (Å²) in [6.45, 7) is 4.17. The van der Waals surface area contributed by atoms with Gasteiger partial charge in [0.2, 0.25) is 0 Å². The molecule has 0 aliphatic rings. The lowest BCUT2D eigenvalue weighted by atomic mass is 9.94. The summed E-state index contributed by atoms with van der Waals surface area (Å²) in [5.41, 5.74) is 3.20. The van der Waals surface area contributed by atoms with E-state index in [2.05, 4.69) is 9.97 Å². The molecule has 0 N–H and O–H groups in total. The zero-order valence-corrected chi connectivity index (χ0v) is 14.2. The molecule has 0 unspecified atom stereocenters. The SMILES string of the molecule is [B]c1ccc([C@@H](C)n2c(C)cc(OCc3ccncn3)cc2=O)cc1. The lowest BCUT2D eigenvalue weighted by molar-refractivity contribution is 0.299. The van der Waals surface area contributed by atoms with E-state index in [0.29, 0.717) is 17.8 Å². The fourth-order valence-electron chi connectivity index (χ4n) is 2.75. The Balaban J connectivity index is 1.82. The van der Waals surface area contributed by atoms with Gasteiger partial charge in [-0.05, 0) is 31.5 Å². The molecule has 0 saturated heterocycles. The number of aromatic nitrogens is 3. The Morgan fingerprint density at radius 1 is 1.20 bits per heavy atom. The van der Waals surface area contributed by atoms with Crippen LogP contribution in [0.15, 0.2) is 59.8 Å². The van der Waals surface area contributed by atoms with E-state index in [9.17, 15) is 4.79 Å². The summed E-state index contributed by atoms with van der Waals surface area (Å²) in [6, 6.07) is 12.6. The predicted molar refractivity (Wildman–Crippen MR) is 97.4 cm³/mol. The van der Waals surface area contributed by atoms with Gasteiger partial charge in [0.25, 0.3) is 5.56 Å². The molecule has 0 bridgehead atoms. The van der Waals surface area contributed by atoms with Gasteiger partial charge in [0, 0.05) is 18.0 Å². The van der Waals surface area contributed by atoms with Crippen LogP contribution < -0.4 is 15.8 Å². The molecule has 1 atom stereocenters. The molecule has 124 valence electrons. The maximum atomic E-state index is 12.6. The van der Waals surface area contributed by atoms with Gasteiger partial charge in [0.05, 0.1) is 11.7 Å². The number of rotatable bonds is 5. The molecule has 0 aliphatic carbocycles. The van der Waals surface area contributed by atoms with Crippen LogP contribution in [0.4, 0.5) is 0 Å². The summed E-state index contributed by atoms with van der Waals surface area (Å²) in [5.74, 6) is 0.530. The van der Waals surface area contributed by atoms with E-state index < -0.39 is 0 Å². The average molecular weight is 331 g/mol. The molecule has 25 heavy (non-hydrogen) atoms. The normalized spacial score (nSPS) is 11.9. The van der Waals surface area contributed by atoms with Crippen LogP contribution in [-0.2, 0) is 6.61 Å². The summed E-state index contributed by atoms with van der Waals surface area (Å²) >= 11 is 0. The van der Waals surface area contributed by atoms with Gasteiger partial charge in [-0.3, -0.25) is 4.79 Å². The predicted octanol–water partition coefficient (Wildman–Crippen LogP) is 1.93. The highest BCUT2D eigenvalue weighted by Gasteiger charge is 2.13. The first-order valence-corrected chi connectivity index (χ1v) is 8.01. The van der Waals surface area contributed by atoms with Crippen molar-refractivity contribution in [3.63, 3.8) is 0 Å². The molecule has 3 aromatic rings. The third-order valence-corrected chi connectivity index (χ3v) is 4.07. The van der Waals surface area contributed by atoms with Crippen LogP contribution in [0.5, 0.6) is 5.75 Å². The highest BCUT2D eigenvalue weighted by molar-refractivity contribution is 6.32. The van der Waals surface area contributed by atoms with Crippen LogP contribution in [0.3, 0.4) is 0 Å². The van der Waals surface area contributed by atoms with Crippen molar-refractivity contribution < 1.29 is 4.74 Å². The van der Waals surface area contributed by atoms with Crippen LogP contribution in [0.25, 0.3) is 0 Å². The quantitative estimate of drug-likeness (QED) is 0.671. The summed E-state index contributed by atoms with van der Waals surface area (Å²) in [5, 5.41) is 0. The minimum absolute atomic E-state index is 0.0935. The first kappa shape index (κ1) is 17.0. The Hall–Kier alpha value is -2.89. The van der Waals surface area contributed by atoms with Gasteiger partial charge in [0.15, 0.2) is 0 Å². The van der Waals surface area contributed by atoms with Crippen molar-refractivity contribution in [1.29, 1.82) is 0 Å². The van der Waals surface area contributed by atoms with Crippen molar-refractivity contribution >= 4 is 13.3 Å². The van der Waals surface area contributed by atoms with Crippen molar-refractivity contribution in [1.82, 2.24) is 14.5 Å². The van der Waals surface area contributed by atoms with Crippen LogP contribution in [0.2, 0.25) is 0 Å². The van der Waals surface area contributed by atoms with Crippen LogP contribution >= 0.6 is 0 Å². The second-order valence-corrected chi connectivity index (χ2v) is 5.87. The minimum Gasteiger partial charge on any atom is -0.487 e. The van der Waals surface area contributed by atoms with Gasteiger partial charge in [-0.25, -0.2) is 9.97 Å². The van der Waals surface area contributed by atoms with E-state index in [-0.39, 0.29) is 11.6 Å². The lowest BCUT2D eigenvalue weighted by Gasteiger charge is -2.19. The number of hydrogen-bond donors (Lipinski definition) is 0. The smallest absolute Gasteiger partial charge is 0.254 e. The maximum Gasteiger partial charge on any atom is 0.254 e. The Morgan fingerprint density at radius 2 is 1.96 bits per heavy atom. The van der Waals surface area contributed by atoms with Crippen molar-refractivity contribution in [3.8, 4) is 5.75 Å². The maximum absolute atomic E-state index is 12.6. The molecule has 0 spiro atoms. The summed E-state index contributed by atoms with van der Waals surface area (Å²) < 4.78 is 7.43. The van der Waals surface area contributed by atoms with E-state index in [1.807, 2.05) is 44.2 Å². The highest BCUT2D eigenvalue weighted by Crippen LogP contribution is 2.19. The number of nitrogens with zero attached hydrogens (tertiary/aromatic N) is 3. The van der Waals surface area contributed by atoms with Gasteiger partial charge in [0.1, 0.15) is 26.5 Å². The minimum atomic E-state index is -0.109. The molecule has 6 heteroatoms. The zero-order chi connectivity index (χ0) is 17.8. The van der Waals surface area contributed by atoms with Gasteiger partial charge in [-0.15, -0.1) is 0 Å². The monoisotopic (exact) mass is 331 g/mol. The van der Waals surface area contributed by atoms with E-state index in [0.717, 1.165) is 17.0 Å². The van der Waals surface area contributed by atoms with E-state index in [4.69, 9.17) is 12.6 Å². The molecule has 0 amide bonds. The molecule has 3 rings (SSSR count). The van der Waals surface area contributed by atoms with Gasteiger partial charge in [-0.2, -0.15) is 0 Å². The van der Waals surface area contributed by atoms with Crippen LogP contribution in [0, 0.1) is 6.92 Å². The lowest BCUT2D eigenvalue weighted by Crippen LogP contribution is -2.25. The van der Waals surface area contributed by atoms with Crippen LogP contribution in [0.1, 0.15) is 29.9 Å². The zero-order valence-electron chi connectivity index (χ0n) is 14.2. The summed E-state index contributed by atoms with van der Waals surface area (Å²) in [4.78, 5) is 20.6. The van der Waals surface area contributed by atoms with Crippen molar-refractivity contribution in [2.24, 2.45) is 0 Å². The van der Waals surface area contributed by atoms with Crippen molar-refractivity contribution in [2.45, 2.75) is 26.5 Å². The third kappa shape index (κ3) is 3.96. The van der Waals surface area contributed by atoms with Crippen molar-refractivity contribution in [2.75, 3.05) is 0 Å². The molecule has 0 fully saturated rings. The molecule has 0 aliphatic heterocycles. The molecule has 2 heterocycles. The number of hydrogen-bond acceptors (Lipinski definition) is 4. The Morgan fingerprint density at radius 3 is 2.60 bits per heavy atom. The van der Waals surface area contributed by atoms with Gasteiger partial charge >= 0.3 is 0 Å². The fraction of sp³-hybridized carbons (Fsp3) is 0.211. The second kappa shape index (κ2) is 7.34. The number of pyridine rings is 1. The number of benzene rings is 1. The Kier molecular flexibility index (Phi) is 4.98. The first-order chi connectivity index (χ1) is 12.0.